The molecule has 12 heavy (non-hydrogen) atoms. The van der Waals surface area contributed by atoms with Crippen molar-refractivity contribution in [3.63, 3.8) is 0 Å². The van der Waals surface area contributed by atoms with Crippen LogP contribution in [0.25, 0.3) is 0 Å². The van der Waals surface area contributed by atoms with Crippen LogP contribution in [0.5, 0.6) is 0 Å². The largest absolute Gasteiger partial charge is 0.343 e. The van der Waals surface area contributed by atoms with Crippen LogP contribution < -0.4 is 0 Å². The minimum absolute atomic E-state index is 0.263. The summed E-state index contributed by atoms with van der Waals surface area (Å²) in [5.41, 5.74) is 0. The molecule has 0 aromatic heterocycles. The number of rotatable bonds is 4. The molecule has 0 fully saturated rings. The van der Waals surface area contributed by atoms with Gasteiger partial charge in [-0.15, -0.1) is 0 Å². The Labute approximate surface area is 75.9 Å². The molecule has 2 heteroatoms. The van der Waals surface area contributed by atoms with E-state index in [1.165, 1.54) is 0 Å². The molecule has 0 radical (unpaired) electrons. The molecule has 0 aliphatic heterocycles. The predicted molar refractivity (Wildman–Crippen MR) is 52.0 cm³/mol. The molecular weight excluding hydrogens is 150 g/mol. The van der Waals surface area contributed by atoms with Gasteiger partial charge < -0.3 is 4.90 Å². The van der Waals surface area contributed by atoms with Crippen molar-refractivity contribution in [3.05, 3.63) is 0 Å². The summed E-state index contributed by atoms with van der Waals surface area (Å²) in [5, 5.41) is 0. The summed E-state index contributed by atoms with van der Waals surface area (Å²) in [6, 6.07) is 0.351. The Morgan fingerprint density at radius 3 is 2.17 bits per heavy atom. The molecule has 0 aliphatic rings. The molecule has 0 aromatic carbocycles. The summed E-state index contributed by atoms with van der Waals surface area (Å²) in [4.78, 5) is 13.3. The van der Waals surface area contributed by atoms with Crippen LogP contribution in [0.4, 0.5) is 0 Å². The van der Waals surface area contributed by atoms with Crippen molar-refractivity contribution in [3.8, 4) is 0 Å². The predicted octanol–water partition coefficient (Wildman–Crippen LogP) is 2.29. The number of carbonyl (C=O) groups is 1. The first kappa shape index (κ1) is 11.5. The molecule has 0 saturated heterocycles. The highest BCUT2D eigenvalue weighted by Gasteiger charge is 2.16. The Balaban J connectivity index is 4.00. The first-order valence-corrected chi connectivity index (χ1v) is 4.76. The zero-order valence-corrected chi connectivity index (χ0v) is 8.92. The van der Waals surface area contributed by atoms with Gasteiger partial charge in [-0.2, -0.15) is 0 Å². The third-order valence-electron chi connectivity index (χ3n) is 2.43. The van der Waals surface area contributed by atoms with Gasteiger partial charge in [-0.1, -0.05) is 20.8 Å². The van der Waals surface area contributed by atoms with Crippen molar-refractivity contribution in [2.45, 2.75) is 46.6 Å². The normalized spacial score (nSPS) is 13.2. The van der Waals surface area contributed by atoms with Crippen molar-refractivity contribution < 1.29 is 4.79 Å². The summed E-state index contributed by atoms with van der Waals surface area (Å²) >= 11 is 0. The molecule has 0 rings (SSSR count). The molecule has 0 aromatic rings. The van der Waals surface area contributed by atoms with Gasteiger partial charge in [0, 0.05) is 19.5 Å². The van der Waals surface area contributed by atoms with Crippen molar-refractivity contribution in [2.75, 3.05) is 7.05 Å². The van der Waals surface area contributed by atoms with Crippen LogP contribution in [0.15, 0.2) is 0 Å². The first-order valence-electron chi connectivity index (χ1n) is 4.76. The highest BCUT2D eigenvalue weighted by molar-refractivity contribution is 5.76. The Hall–Kier alpha value is -0.530. The summed E-state index contributed by atoms with van der Waals surface area (Å²) in [5.74, 6) is 0.800. The van der Waals surface area contributed by atoms with Crippen molar-refractivity contribution in [1.29, 1.82) is 0 Å². The van der Waals surface area contributed by atoms with Gasteiger partial charge >= 0.3 is 0 Å². The molecule has 0 heterocycles. The maximum Gasteiger partial charge on any atom is 0.222 e. The van der Waals surface area contributed by atoms with E-state index in [-0.39, 0.29) is 5.91 Å². The van der Waals surface area contributed by atoms with Gasteiger partial charge in [0.15, 0.2) is 0 Å². The number of hydrogen-bond acceptors (Lipinski definition) is 1. The van der Waals surface area contributed by atoms with Crippen molar-refractivity contribution in [1.82, 2.24) is 4.90 Å². The summed E-state index contributed by atoms with van der Waals surface area (Å²) in [6.07, 6.45) is 1.61. The molecule has 1 atom stereocenters. The molecule has 0 saturated carbocycles. The van der Waals surface area contributed by atoms with E-state index < -0.39 is 0 Å². The average Bonchev–Trinajstić information content (AvgIpc) is 2.02. The van der Waals surface area contributed by atoms with Gasteiger partial charge in [0.25, 0.3) is 0 Å². The minimum Gasteiger partial charge on any atom is -0.343 e. The number of hydrogen-bond donors (Lipinski definition) is 0. The van der Waals surface area contributed by atoms with Crippen LogP contribution in [0.3, 0.4) is 0 Å². The lowest BCUT2D eigenvalue weighted by Crippen LogP contribution is -2.37. The van der Waals surface area contributed by atoms with Gasteiger partial charge in [0.05, 0.1) is 0 Å². The molecule has 1 amide bonds. The van der Waals surface area contributed by atoms with E-state index >= 15 is 0 Å². The van der Waals surface area contributed by atoms with Crippen LogP contribution in [0.1, 0.15) is 40.5 Å². The van der Waals surface area contributed by atoms with Gasteiger partial charge in [-0.05, 0) is 19.3 Å². The lowest BCUT2D eigenvalue weighted by atomic mass is 10.0. The highest BCUT2D eigenvalue weighted by Crippen LogP contribution is 2.09. The average molecular weight is 171 g/mol. The monoisotopic (exact) mass is 171 g/mol. The SMILES string of the molecule is CCCC(=O)N(C)C(C)C(C)C. The van der Waals surface area contributed by atoms with Gasteiger partial charge in [-0.3, -0.25) is 4.79 Å². The van der Waals surface area contributed by atoms with Crippen LogP contribution in [0.2, 0.25) is 0 Å². The lowest BCUT2D eigenvalue weighted by molar-refractivity contribution is -0.132. The first-order chi connectivity index (χ1) is 5.50. The van der Waals surface area contributed by atoms with Crippen molar-refractivity contribution in [2.24, 2.45) is 5.92 Å². The summed E-state index contributed by atoms with van der Waals surface area (Å²) in [7, 11) is 1.89. The van der Waals surface area contributed by atoms with E-state index in [4.69, 9.17) is 0 Å². The molecule has 0 aliphatic carbocycles. The number of nitrogens with zero attached hydrogens (tertiary/aromatic N) is 1. The van der Waals surface area contributed by atoms with Gasteiger partial charge in [-0.25, -0.2) is 0 Å². The Morgan fingerprint density at radius 1 is 1.33 bits per heavy atom. The molecule has 72 valence electrons. The number of carbonyl (C=O) groups excluding carboxylic acids is 1. The second-order valence-corrected chi connectivity index (χ2v) is 3.74. The van der Waals surface area contributed by atoms with Crippen molar-refractivity contribution >= 4 is 5.91 Å². The zero-order valence-electron chi connectivity index (χ0n) is 8.92. The fourth-order valence-corrected chi connectivity index (χ4v) is 1.06. The van der Waals surface area contributed by atoms with Gasteiger partial charge in [0.1, 0.15) is 0 Å². The Kier molecular flexibility index (Phi) is 4.95. The van der Waals surface area contributed by atoms with E-state index in [1.807, 2.05) is 18.9 Å². The smallest absolute Gasteiger partial charge is 0.222 e. The topological polar surface area (TPSA) is 20.3 Å². The maximum atomic E-state index is 11.4. The minimum atomic E-state index is 0.263. The summed E-state index contributed by atoms with van der Waals surface area (Å²) in [6.45, 7) is 8.41. The molecular formula is C10H21NO. The van der Waals surface area contributed by atoms with E-state index in [0.717, 1.165) is 6.42 Å². The molecule has 1 unspecified atom stereocenters. The van der Waals surface area contributed by atoms with Gasteiger partial charge in [0.2, 0.25) is 5.91 Å². The Morgan fingerprint density at radius 2 is 1.83 bits per heavy atom. The maximum absolute atomic E-state index is 11.4. The third-order valence-corrected chi connectivity index (χ3v) is 2.43. The fourth-order valence-electron chi connectivity index (χ4n) is 1.06. The number of amides is 1. The second-order valence-electron chi connectivity index (χ2n) is 3.74. The third kappa shape index (κ3) is 3.24. The Bertz CT molecular complexity index is 143. The van der Waals surface area contributed by atoms with Crippen LogP contribution >= 0.6 is 0 Å². The molecule has 0 spiro atoms. The van der Waals surface area contributed by atoms with E-state index in [1.54, 1.807) is 0 Å². The van der Waals surface area contributed by atoms with Crippen LogP contribution in [-0.4, -0.2) is 23.9 Å². The molecule has 0 bridgehead atoms. The van der Waals surface area contributed by atoms with E-state index in [0.29, 0.717) is 18.4 Å². The highest BCUT2D eigenvalue weighted by atomic mass is 16.2. The summed E-state index contributed by atoms with van der Waals surface area (Å²) < 4.78 is 0. The van der Waals surface area contributed by atoms with Crippen LogP contribution in [0, 0.1) is 5.92 Å². The zero-order chi connectivity index (χ0) is 9.72. The molecule has 2 nitrogen and oxygen atoms in total. The van der Waals surface area contributed by atoms with Crippen LogP contribution in [-0.2, 0) is 4.79 Å². The quantitative estimate of drug-likeness (QED) is 0.635. The lowest BCUT2D eigenvalue weighted by Gasteiger charge is -2.27. The van der Waals surface area contributed by atoms with E-state index in [2.05, 4.69) is 20.8 Å². The molecule has 0 N–H and O–H groups in total. The second kappa shape index (κ2) is 5.18. The fraction of sp³-hybridized carbons (Fsp3) is 0.900. The van der Waals surface area contributed by atoms with E-state index in [9.17, 15) is 4.79 Å². The standard InChI is InChI=1S/C10H21NO/c1-6-7-10(12)11(5)9(4)8(2)3/h8-9H,6-7H2,1-5H3.